The van der Waals surface area contributed by atoms with Gasteiger partial charge in [0.15, 0.2) is 6.61 Å². The molecule has 1 aliphatic carbocycles. The second kappa shape index (κ2) is 8.49. The number of nitrogens with zero attached hydrogens (tertiary/aromatic N) is 3. The molecular weight excluding hydrogens is 375 g/mol. The van der Waals surface area contributed by atoms with Crippen LogP contribution in [0.3, 0.4) is 0 Å². The molecule has 0 spiro atoms. The largest absolute Gasteiger partial charge is 0.484 e. The van der Waals surface area contributed by atoms with Crippen molar-refractivity contribution in [2.24, 2.45) is 0 Å². The molecule has 0 radical (unpaired) electrons. The second-order valence-corrected chi connectivity index (χ2v) is 6.84. The summed E-state index contributed by atoms with van der Waals surface area (Å²) in [6, 6.07) is 4.17. The first-order chi connectivity index (χ1) is 12.9. The van der Waals surface area contributed by atoms with Crippen molar-refractivity contribution in [1.82, 2.24) is 20.3 Å². The standard InChI is InChI=1S/C18H20ClFN4O3/c1-11(17-9-24(23-22-17)12-6-13(25)7-12)4-5-21-18(26)10-27-14-2-3-15(19)16(20)8-14/h2-3,8-9,12-13,25H,1,4-7,10H2,(H,21,26). The molecule has 7 nitrogen and oxygen atoms in total. The minimum Gasteiger partial charge on any atom is -0.484 e. The molecule has 2 N–H and O–H groups in total. The third-order valence-electron chi connectivity index (χ3n) is 4.34. The van der Waals surface area contributed by atoms with Gasteiger partial charge in [-0.15, -0.1) is 5.10 Å². The fourth-order valence-corrected chi connectivity index (χ4v) is 2.76. The molecule has 144 valence electrons. The van der Waals surface area contributed by atoms with Crippen LogP contribution in [0.15, 0.2) is 31.0 Å². The van der Waals surface area contributed by atoms with E-state index in [-0.39, 0.29) is 35.4 Å². The van der Waals surface area contributed by atoms with E-state index in [1.807, 2.05) is 0 Å². The van der Waals surface area contributed by atoms with E-state index in [0.717, 1.165) is 11.6 Å². The molecule has 1 heterocycles. The number of amides is 1. The zero-order valence-electron chi connectivity index (χ0n) is 14.6. The fourth-order valence-electron chi connectivity index (χ4n) is 2.64. The molecule has 3 rings (SSSR count). The highest BCUT2D eigenvalue weighted by molar-refractivity contribution is 6.30. The van der Waals surface area contributed by atoms with E-state index in [0.29, 0.717) is 31.5 Å². The molecule has 1 aliphatic rings. The van der Waals surface area contributed by atoms with Crippen LogP contribution in [0.5, 0.6) is 5.75 Å². The zero-order valence-corrected chi connectivity index (χ0v) is 15.3. The Hall–Kier alpha value is -2.45. The molecule has 0 bridgehead atoms. The molecule has 1 saturated carbocycles. The molecular formula is C18H20ClFN4O3. The molecule has 27 heavy (non-hydrogen) atoms. The van der Waals surface area contributed by atoms with Gasteiger partial charge in [0.25, 0.3) is 5.91 Å². The van der Waals surface area contributed by atoms with Gasteiger partial charge < -0.3 is 15.2 Å². The summed E-state index contributed by atoms with van der Waals surface area (Å²) in [4.78, 5) is 11.8. The van der Waals surface area contributed by atoms with Gasteiger partial charge in [-0.05, 0) is 37.0 Å². The lowest BCUT2D eigenvalue weighted by Gasteiger charge is -2.30. The normalized spacial score (nSPS) is 18.6. The smallest absolute Gasteiger partial charge is 0.257 e. The number of rotatable bonds is 8. The fraction of sp³-hybridized carbons (Fsp3) is 0.389. The van der Waals surface area contributed by atoms with Gasteiger partial charge in [-0.2, -0.15) is 0 Å². The van der Waals surface area contributed by atoms with Crippen LogP contribution in [0.25, 0.3) is 5.57 Å². The third-order valence-corrected chi connectivity index (χ3v) is 4.65. The summed E-state index contributed by atoms with van der Waals surface area (Å²) in [5, 5.41) is 20.2. The summed E-state index contributed by atoms with van der Waals surface area (Å²) in [7, 11) is 0. The Morgan fingerprint density at radius 1 is 1.48 bits per heavy atom. The molecule has 1 aromatic heterocycles. The number of aliphatic hydroxyl groups is 1. The van der Waals surface area contributed by atoms with Gasteiger partial charge in [-0.1, -0.05) is 23.4 Å². The molecule has 1 fully saturated rings. The van der Waals surface area contributed by atoms with Crippen LogP contribution in [0, 0.1) is 5.82 Å². The van der Waals surface area contributed by atoms with Crippen LogP contribution < -0.4 is 10.1 Å². The average Bonchev–Trinajstić information content (AvgIpc) is 3.09. The zero-order chi connectivity index (χ0) is 19.4. The number of hydrogen-bond acceptors (Lipinski definition) is 5. The minimum atomic E-state index is -0.602. The Balaban J connectivity index is 1.38. The van der Waals surface area contributed by atoms with Crippen molar-refractivity contribution in [2.45, 2.75) is 31.4 Å². The van der Waals surface area contributed by atoms with Gasteiger partial charge in [0, 0.05) is 12.6 Å². The third kappa shape index (κ3) is 5.05. The Labute approximate surface area is 160 Å². The quantitative estimate of drug-likeness (QED) is 0.717. The number of benzene rings is 1. The van der Waals surface area contributed by atoms with Crippen molar-refractivity contribution >= 4 is 23.1 Å². The van der Waals surface area contributed by atoms with Crippen molar-refractivity contribution in [3.8, 4) is 5.75 Å². The lowest BCUT2D eigenvalue weighted by molar-refractivity contribution is -0.123. The number of ether oxygens (including phenoxy) is 1. The number of nitrogens with one attached hydrogen (secondary N) is 1. The first kappa shape index (κ1) is 19.3. The van der Waals surface area contributed by atoms with Crippen LogP contribution in [0.1, 0.15) is 31.0 Å². The number of aliphatic hydroxyl groups excluding tert-OH is 1. The van der Waals surface area contributed by atoms with E-state index in [4.69, 9.17) is 16.3 Å². The molecule has 0 saturated heterocycles. The Bertz CT molecular complexity index is 836. The Morgan fingerprint density at radius 2 is 2.26 bits per heavy atom. The van der Waals surface area contributed by atoms with Gasteiger partial charge in [-0.3, -0.25) is 4.79 Å². The van der Waals surface area contributed by atoms with E-state index >= 15 is 0 Å². The maximum Gasteiger partial charge on any atom is 0.257 e. The highest BCUT2D eigenvalue weighted by atomic mass is 35.5. The predicted octanol–water partition coefficient (Wildman–Crippen LogP) is 2.36. The van der Waals surface area contributed by atoms with Gasteiger partial charge in [0.1, 0.15) is 17.3 Å². The van der Waals surface area contributed by atoms with Crippen molar-refractivity contribution < 1.29 is 19.0 Å². The molecule has 1 aromatic carbocycles. The summed E-state index contributed by atoms with van der Waals surface area (Å²) >= 11 is 5.59. The molecule has 0 unspecified atom stereocenters. The van der Waals surface area contributed by atoms with E-state index in [2.05, 4.69) is 22.2 Å². The highest BCUT2D eigenvalue weighted by Crippen LogP contribution is 2.31. The van der Waals surface area contributed by atoms with E-state index in [1.54, 1.807) is 10.9 Å². The number of halogens is 2. The van der Waals surface area contributed by atoms with Gasteiger partial charge in [-0.25, -0.2) is 9.07 Å². The van der Waals surface area contributed by atoms with Crippen molar-refractivity contribution in [3.05, 3.63) is 47.5 Å². The summed E-state index contributed by atoms with van der Waals surface area (Å²) < 4.78 is 20.3. The van der Waals surface area contributed by atoms with Crippen LogP contribution in [-0.4, -0.2) is 45.3 Å². The lowest BCUT2D eigenvalue weighted by Crippen LogP contribution is -2.31. The van der Waals surface area contributed by atoms with E-state index < -0.39 is 5.82 Å². The number of hydrogen-bond donors (Lipinski definition) is 2. The Morgan fingerprint density at radius 3 is 2.96 bits per heavy atom. The van der Waals surface area contributed by atoms with Crippen molar-refractivity contribution in [2.75, 3.05) is 13.2 Å². The molecule has 1 amide bonds. The maximum absolute atomic E-state index is 13.3. The van der Waals surface area contributed by atoms with Crippen LogP contribution >= 0.6 is 11.6 Å². The number of aromatic nitrogens is 3. The summed E-state index contributed by atoms with van der Waals surface area (Å²) in [6.07, 6.45) is 3.42. The van der Waals surface area contributed by atoms with Crippen molar-refractivity contribution in [3.63, 3.8) is 0 Å². The number of carbonyl (C=O) groups is 1. The van der Waals surface area contributed by atoms with Crippen LogP contribution in [-0.2, 0) is 4.79 Å². The molecule has 0 atom stereocenters. The lowest BCUT2D eigenvalue weighted by atomic mass is 9.90. The van der Waals surface area contributed by atoms with Crippen LogP contribution in [0.4, 0.5) is 4.39 Å². The maximum atomic E-state index is 13.3. The van der Waals surface area contributed by atoms with Crippen LogP contribution in [0.2, 0.25) is 5.02 Å². The van der Waals surface area contributed by atoms with E-state index in [9.17, 15) is 14.3 Å². The molecule has 2 aromatic rings. The van der Waals surface area contributed by atoms with Gasteiger partial charge in [0.05, 0.1) is 23.4 Å². The second-order valence-electron chi connectivity index (χ2n) is 6.43. The topological polar surface area (TPSA) is 89.3 Å². The highest BCUT2D eigenvalue weighted by Gasteiger charge is 2.29. The number of carbonyl (C=O) groups excluding carboxylic acids is 1. The van der Waals surface area contributed by atoms with E-state index in [1.165, 1.54) is 12.1 Å². The molecule has 9 heteroatoms. The monoisotopic (exact) mass is 394 g/mol. The summed E-state index contributed by atoms with van der Waals surface area (Å²) in [5.74, 6) is -0.699. The average molecular weight is 395 g/mol. The summed E-state index contributed by atoms with van der Waals surface area (Å²) in [5.41, 5.74) is 1.42. The van der Waals surface area contributed by atoms with Gasteiger partial charge in [0.2, 0.25) is 0 Å². The first-order valence-electron chi connectivity index (χ1n) is 8.55. The van der Waals surface area contributed by atoms with Crippen molar-refractivity contribution in [1.29, 1.82) is 0 Å². The molecule has 0 aliphatic heterocycles. The Kier molecular flexibility index (Phi) is 6.08. The minimum absolute atomic E-state index is 0.00395. The summed E-state index contributed by atoms with van der Waals surface area (Å²) in [6.45, 7) is 4.10. The van der Waals surface area contributed by atoms with Gasteiger partial charge >= 0.3 is 0 Å². The predicted molar refractivity (Wildman–Crippen MR) is 97.9 cm³/mol. The SMILES string of the molecule is C=C(CCNC(=O)COc1ccc(Cl)c(F)c1)c1cn(C2CC(O)C2)nn1. The first-order valence-corrected chi connectivity index (χ1v) is 8.92.